The van der Waals surface area contributed by atoms with E-state index in [-0.39, 0.29) is 24.7 Å². The Balaban J connectivity index is 1.97. The molecule has 0 bridgehead atoms. The Morgan fingerprint density at radius 3 is 2.38 bits per heavy atom. The second-order valence-electron chi connectivity index (χ2n) is 6.81. The standard InChI is InChI=1S/C17H24BFO5/c1-16(2)17(3,4)24-18(23-16)12-8-9-14(13(19)11-12)22-10-6-7-15(20)21-5/h8-9,11H,6-7,10H2,1-5H3. The summed E-state index contributed by atoms with van der Waals surface area (Å²) >= 11 is 0. The molecule has 1 aromatic rings. The number of halogens is 1. The van der Waals surface area contributed by atoms with E-state index in [1.165, 1.54) is 13.2 Å². The van der Waals surface area contributed by atoms with Gasteiger partial charge >= 0.3 is 13.1 Å². The molecule has 0 unspecified atom stereocenters. The first-order chi connectivity index (χ1) is 11.2. The maximum Gasteiger partial charge on any atom is 0.494 e. The van der Waals surface area contributed by atoms with E-state index in [1.807, 2.05) is 27.7 Å². The van der Waals surface area contributed by atoms with Gasteiger partial charge in [0.05, 0.1) is 24.9 Å². The zero-order valence-electron chi connectivity index (χ0n) is 14.8. The van der Waals surface area contributed by atoms with Crippen molar-refractivity contribution in [2.75, 3.05) is 13.7 Å². The fourth-order valence-electron chi connectivity index (χ4n) is 2.26. The Labute approximate surface area is 142 Å². The van der Waals surface area contributed by atoms with E-state index < -0.39 is 24.1 Å². The monoisotopic (exact) mass is 338 g/mol. The molecule has 1 heterocycles. The molecule has 0 radical (unpaired) electrons. The lowest BCUT2D eigenvalue weighted by atomic mass is 9.79. The molecule has 24 heavy (non-hydrogen) atoms. The fourth-order valence-corrected chi connectivity index (χ4v) is 2.26. The Morgan fingerprint density at radius 2 is 1.83 bits per heavy atom. The molecule has 1 aliphatic heterocycles. The van der Waals surface area contributed by atoms with Crippen LogP contribution in [0.5, 0.6) is 5.75 Å². The summed E-state index contributed by atoms with van der Waals surface area (Å²) in [5.41, 5.74) is -0.345. The first kappa shape index (κ1) is 18.7. The minimum absolute atomic E-state index is 0.139. The summed E-state index contributed by atoms with van der Waals surface area (Å²) in [7, 11) is 0.718. The number of hydrogen-bond donors (Lipinski definition) is 0. The summed E-state index contributed by atoms with van der Waals surface area (Å²) in [6.07, 6.45) is 0.704. The lowest BCUT2D eigenvalue weighted by Crippen LogP contribution is -2.41. The van der Waals surface area contributed by atoms with Gasteiger partial charge in [-0.25, -0.2) is 4.39 Å². The van der Waals surface area contributed by atoms with Crippen molar-refractivity contribution >= 4 is 18.6 Å². The van der Waals surface area contributed by atoms with Crippen molar-refractivity contribution in [2.45, 2.75) is 51.7 Å². The summed E-state index contributed by atoms with van der Waals surface area (Å²) < 4.78 is 35.9. The average Bonchev–Trinajstić information content (AvgIpc) is 2.72. The van der Waals surface area contributed by atoms with E-state index in [0.717, 1.165) is 0 Å². The first-order valence-corrected chi connectivity index (χ1v) is 8.01. The van der Waals surface area contributed by atoms with Gasteiger partial charge in [0, 0.05) is 6.42 Å². The Kier molecular flexibility index (Phi) is 5.55. The van der Waals surface area contributed by atoms with Crippen LogP contribution >= 0.6 is 0 Å². The zero-order valence-corrected chi connectivity index (χ0v) is 14.8. The van der Waals surface area contributed by atoms with Gasteiger partial charge in [-0.3, -0.25) is 4.79 Å². The van der Waals surface area contributed by atoms with Crippen molar-refractivity contribution in [3.63, 3.8) is 0 Å². The molecule has 2 rings (SSSR count). The van der Waals surface area contributed by atoms with Crippen LogP contribution in [0.25, 0.3) is 0 Å². The molecule has 1 saturated heterocycles. The highest BCUT2D eigenvalue weighted by atomic mass is 19.1. The quantitative estimate of drug-likeness (QED) is 0.453. The summed E-state index contributed by atoms with van der Waals surface area (Å²) in [6, 6.07) is 4.63. The minimum Gasteiger partial charge on any atom is -0.491 e. The smallest absolute Gasteiger partial charge is 0.491 e. The number of carbonyl (C=O) groups is 1. The van der Waals surface area contributed by atoms with Gasteiger partial charge in [-0.2, -0.15) is 0 Å². The second-order valence-corrected chi connectivity index (χ2v) is 6.81. The predicted octanol–water partition coefficient (Wildman–Crippen LogP) is 2.46. The molecule has 7 heteroatoms. The van der Waals surface area contributed by atoms with Crippen LogP contribution in [0.3, 0.4) is 0 Å². The number of carbonyl (C=O) groups excluding carboxylic acids is 1. The zero-order chi connectivity index (χ0) is 18.0. The van der Waals surface area contributed by atoms with E-state index in [0.29, 0.717) is 11.9 Å². The van der Waals surface area contributed by atoms with Crippen LogP contribution < -0.4 is 10.2 Å². The van der Waals surface area contributed by atoms with E-state index in [2.05, 4.69) is 4.74 Å². The van der Waals surface area contributed by atoms with Crippen LogP contribution in [0, 0.1) is 5.82 Å². The van der Waals surface area contributed by atoms with Crippen molar-refractivity contribution in [1.82, 2.24) is 0 Å². The van der Waals surface area contributed by atoms with E-state index in [1.54, 1.807) is 12.1 Å². The van der Waals surface area contributed by atoms with E-state index in [4.69, 9.17) is 14.0 Å². The van der Waals surface area contributed by atoms with Gasteiger partial charge in [0.15, 0.2) is 11.6 Å². The normalized spacial score (nSPS) is 18.5. The number of rotatable bonds is 6. The Bertz CT molecular complexity index is 587. The van der Waals surface area contributed by atoms with Crippen LogP contribution in [0.1, 0.15) is 40.5 Å². The van der Waals surface area contributed by atoms with Gasteiger partial charge < -0.3 is 18.8 Å². The number of methoxy groups -OCH3 is 1. The summed E-state index contributed by atoms with van der Waals surface area (Å²) in [6.45, 7) is 8.02. The lowest BCUT2D eigenvalue weighted by molar-refractivity contribution is -0.140. The van der Waals surface area contributed by atoms with Crippen LogP contribution in [0.4, 0.5) is 4.39 Å². The summed E-state index contributed by atoms with van der Waals surface area (Å²) in [5.74, 6) is -0.657. The third kappa shape index (κ3) is 4.08. The number of benzene rings is 1. The van der Waals surface area contributed by atoms with Crippen molar-refractivity contribution in [1.29, 1.82) is 0 Å². The van der Waals surface area contributed by atoms with Crippen molar-refractivity contribution in [3.8, 4) is 5.75 Å². The molecule has 0 aliphatic carbocycles. The highest BCUT2D eigenvalue weighted by Gasteiger charge is 2.51. The first-order valence-electron chi connectivity index (χ1n) is 8.01. The van der Waals surface area contributed by atoms with Gasteiger partial charge in [0.25, 0.3) is 0 Å². The maximum atomic E-state index is 14.2. The molecule has 1 fully saturated rings. The number of hydrogen-bond acceptors (Lipinski definition) is 5. The molecular formula is C17H24BFO5. The predicted molar refractivity (Wildman–Crippen MR) is 88.9 cm³/mol. The topological polar surface area (TPSA) is 54.0 Å². The summed E-state index contributed by atoms with van der Waals surface area (Å²) in [4.78, 5) is 11.0. The van der Waals surface area contributed by atoms with Gasteiger partial charge in [0.2, 0.25) is 0 Å². The second kappa shape index (κ2) is 7.11. The Hall–Kier alpha value is -1.60. The van der Waals surface area contributed by atoms with Crippen LogP contribution in [0.2, 0.25) is 0 Å². The van der Waals surface area contributed by atoms with Crippen molar-refractivity contribution < 1.29 is 28.0 Å². The molecule has 0 atom stereocenters. The Morgan fingerprint density at radius 1 is 1.21 bits per heavy atom. The molecule has 1 aromatic carbocycles. The highest BCUT2D eigenvalue weighted by Crippen LogP contribution is 2.36. The molecule has 1 aliphatic rings. The van der Waals surface area contributed by atoms with Crippen molar-refractivity contribution in [2.24, 2.45) is 0 Å². The number of esters is 1. The van der Waals surface area contributed by atoms with Crippen LogP contribution in [-0.2, 0) is 18.8 Å². The molecule has 5 nitrogen and oxygen atoms in total. The van der Waals surface area contributed by atoms with Crippen molar-refractivity contribution in [3.05, 3.63) is 24.0 Å². The highest BCUT2D eigenvalue weighted by molar-refractivity contribution is 6.62. The van der Waals surface area contributed by atoms with Gasteiger partial charge in [-0.15, -0.1) is 0 Å². The molecule has 0 spiro atoms. The third-order valence-electron chi connectivity index (χ3n) is 4.49. The molecule has 132 valence electrons. The minimum atomic E-state index is -0.613. The molecule has 0 saturated carbocycles. The number of ether oxygens (including phenoxy) is 2. The molecule has 0 aromatic heterocycles. The molecule has 0 amide bonds. The largest absolute Gasteiger partial charge is 0.494 e. The van der Waals surface area contributed by atoms with Gasteiger partial charge in [0.1, 0.15) is 0 Å². The average molecular weight is 338 g/mol. The lowest BCUT2D eigenvalue weighted by Gasteiger charge is -2.32. The van der Waals surface area contributed by atoms with E-state index >= 15 is 0 Å². The molecule has 0 N–H and O–H groups in total. The van der Waals surface area contributed by atoms with E-state index in [9.17, 15) is 9.18 Å². The maximum absolute atomic E-state index is 14.2. The SMILES string of the molecule is COC(=O)CCCOc1ccc(B2OC(C)(C)C(C)(C)O2)cc1F. The van der Waals surface area contributed by atoms with Crippen LogP contribution in [-0.4, -0.2) is 38.0 Å². The summed E-state index contributed by atoms with van der Waals surface area (Å²) in [5, 5.41) is 0. The van der Waals surface area contributed by atoms with Gasteiger partial charge in [-0.05, 0) is 51.7 Å². The van der Waals surface area contributed by atoms with Gasteiger partial charge in [-0.1, -0.05) is 6.07 Å². The van der Waals surface area contributed by atoms with Crippen LogP contribution in [0.15, 0.2) is 18.2 Å². The fraction of sp³-hybridized carbons (Fsp3) is 0.588. The third-order valence-corrected chi connectivity index (χ3v) is 4.49. The molecular weight excluding hydrogens is 314 g/mol.